The number of anilines is 2. The smallest absolute Gasteiger partial charge is 0.272 e. The third-order valence-corrected chi connectivity index (χ3v) is 4.34. The molecule has 26 heavy (non-hydrogen) atoms. The summed E-state index contributed by atoms with van der Waals surface area (Å²) < 4.78 is 5.82. The minimum atomic E-state index is -0.0336. The largest absolute Gasteiger partial charge is 0.489 e. The van der Waals surface area contributed by atoms with E-state index < -0.39 is 0 Å². The number of benzene rings is 1. The van der Waals surface area contributed by atoms with E-state index in [2.05, 4.69) is 22.2 Å². The van der Waals surface area contributed by atoms with E-state index in [1.165, 1.54) is 12.7 Å². The monoisotopic (exact) mass is 354 g/mol. The van der Waals surface area contributed by atoms with Gasteiger partial charge in [-0.3, -0.25) is 4.79 Å². The third kappa shape index (κ3) is 4.50. The summed E-state index contributed by atoms with van der Waals surface area (Å²) in [6, 6.07) is 9.39. The van der Waals surface area contributed by atoms with Gasteiger partial charge in [-0.15, -0.1) is 0 Å². The zero-order valence-corrected chi connectivity index (χ0v) is 15.6. The van der Waals surface area contributed by atoms with Crippen LogP contribution in [0.2, 0.25) is 0 Å². The molecule has 1 atom stereocenters. The molecule has 138 valence electrons. The minimum absolute atomic E-state index is 0.0336. The van der Waals surface area contributed by atoms with Crippen molar-refractivity contribution in [3.05, 3.63) is 42.4 Å². The summed E-state index contributed by atoms with van der Waals surface area (Å²) in [7, 11) is 0. The van der Waals surface area contributed by atoms with Crippen LogP contribution in [0.1, 0.15) is 44.1 Å². The number of likely N-dealkylation sites (tertiary alicyclic amines) is 1. The molecule has 0 spiro atoms. The second-order valence-corrected chi connectivity index (χ2v) is 7.07. The molecule has 1 unspecified atom stereocenters. The van der Waals surface area contributed by atoms with E-state index in [1.807, 2.05) is 43.0 Å². The quantitative estimate of drug-likeness (QED) is 0.882. The highest BCUT2D eigenvalue weighted by Gasteiger charge is 2.23. The molecular formula is C20H26N4O2. The lowest BCUT2D eigenvalue weighted by atomic mass is 10.00. The Balaban J connectivity index is 1.77. The van der Waals surface area contributed by atoms with Crippen molar-refractivity contribution in [3.8, 4) is 5.75 Å². The zero-order chi connectivity index (χ0) is 18.5. The summed E-state index contributed by atoms with van der Waals surface area (Å²) >= 11 is 0. The third-order valence-electron chi connectivity index (χ3n) is 4.34. The number of carbonyl (C=O) groups excluding carboxylic acids is 1. The maximum atomic E-state index is 12.7. The van der Waals surface area contributed by atoms with Crippen LogP contribution in [0, 0.1) is 5.92 Å². The molecule has 6 heteroatoms. The van der Waals surface area contributed by atoms with Crippen molar-refractivity contribution in [2.24, 2.45) is 5.92 Å². The van der Waals surface area contributed by atoms with Crippen LogP contribution in [0.15, 0.2) is 36.7 Å². The van der Waals surface area contributed by atoms with Gasteiger partial charge in [0.25, 0.3) is 5.91 Å². The molecule has 3 rings (SSSR count). The fourth-order valence-electron chi connectivity index (χ4n) is 3.14. The van der Waals surface area contributed by atoms with E-state index in [0.717, 1.165) is 30.9 Å². The normalized spacial score (nSPS) is 17.2. The topological polar surface area (TPSA) is 67.4 Å². The molecule has 1 aromatic heterocycles. The number of nitrogens with one attached hydrogen (secondary N) is 1. The lowest BCUT2D eigenvalue weighted by Gasteiger charge is -2.30. The molecule has 1 aromatic carbocycles. The molecular weight excluding hydrogens is 328 g/mol. The van der Waals surface area contributed by atoms with Gasteiger partial charge in [-0.25, -0.2) is 9.97 Å². The molecule has 1 fully saturated rings. The van der Waals surface area contributed by atoms with Crippen molar-refractivity contribution < 1.29 is 9.53 Å². The number of rotatable bonds is 5. The molecule has 0 radical (unpaired) electrons. The SMILES string of the molecule is CC1CCCN(C(=O)c2cc(Nc3ccccc3OC(C)C)ncn2)C1. The van der Waals surface area contributed by atoms with Gasteiger partial charge in [-0.1, -0.05) is 19.1 Å². The van der Waals surface area contributed by atoms with Gasteiger partial charge in [0, 0.05) is 19.2 Å². The predicted molar refractivity (Wildman–Crippen MR) is 102 cm³/mol. The van der Waals surface area contributed by atoms with Gasteiger partial charge in [0.2, 0.25) is 0 Å². The molecule has 0 aliphatic carbocycles. The summed E-state index contributed by atoms with van der Waals surface area (Å²) in [6.45, 7) is 7.73. The maximum Gasteiger partial charge on any atom is 0.272 e. The number of hydrogen-bond acceptors (Lipinski definition) is 5. The van der Waals surface area contributed by atoms with Crippen LogP contribution in [-0.4, -0.2) is 40.0 Å². The average Bonchev–Trinajstić information content (AvgIpc) is 2.62. The molecule has 1 amide bonds. The number of ether oxygens (including phenoxy) is 1. The maximum absolute atomic E-state index is 12.7. The first-order valence-electron chi connectivity index (χ1n) is 9.17. The molecule has 2 heterocycles. The zero-order valence-electron chi connectivity index (χ0n) is 15.6. The highest BCUT2D eigenvalue weighted by atomic mass is 16.5. The fourth-order valence-corrected chi connectivity index (χ4v) is 3.14. The van der Waals surface area contributed by atoms with Gasteiger partial charge < -0.3 is 15.0 Å². The summed E-state index contributed by atoms with van der Waals surface area (Å²) in [5, 5.41) is 3.24. The van der Waals surface area contributed by atoms with Crippen LogP contribution in [0.5, 0.6) is 5.75 Å². The number of piperidine rings is 1. The first kappa shape index (κ1) is 18.2. The molecule has 1 saturated heterocycles. The number of nitrogens with zero attached hydrogens (tertiary/aromatic N) is 3. The Morgan fingerprint density at radius 2 is 2.12 bits per heavy atom. The van der Waals surface area contributed by atoms with Gasteiger partial charge in [-0.05, 0) is 44.7 Å². The Labute approximate surface area is 154 Å². The molecule has 0 saturated carbocycles. The van der Waals surface area contributed by atoms with E-state index in [-0.39, 0.29) is 12.0 Å². The highest BCUT2D eigenvalue weighted by molar-refractivity contribution is 5.93. The van der Waals surface area contributed by atoms with Crippen molar-refractivity contribution in [1.82, 2.24) is 14.9 Å². The van der Waals surface area contributed by atoms with Crippen molar-refractivity contribution in [3.63, 3.8) is 0 Å². The lowest BCUT2D eigenvalue weighted by Crippen LogP contribution is -2.39. The Morgan fingerprint density at radius 3 is 2.88 bits per heavy atom. The standard InChI is InChI=1S/C20H26N4O2/c1-14(2)26-18-9-5-4-8-16(18)23-19-11-17(21-13-22-19)20(25)24-10-6-7-15(3)12-24/h4-5,8-9,11,13-15H,6-7,10,12H2,1-3H3,(H,21,22,23). The molecule has 6 nitrogen and oxygen atoms in total. The number of carbonyl (C=O) groups is 1. The number of amides is 1. The van der Waals surface area contributed by atoms with Crippen LogP contribution in [0.3, 0.4) is 0 Å². The van der Waals surface area contributed by atoms with Crippen LogP contribution in [0.25, 0.3) is 0 Å². The van der Waals surface area contributed by atoms with E-state index in [1.54, 1.807) is 6.07 Å². The first-order valence-corrected chi connectivity index (χ1v) is 9.17. The van der Waals surface area contributed by atoms with Crippen LogP contribution in [0.4, 0.5) is 11.5 Å². The molecule has 1 aliphatic heterocycles. The van der Waals surface area contributed by atoms with E-state index in [9.17, 15) is 4.79 Å². The Morgan fingerprint density at radius 1 is 1.31 bits per heavy atom. The molecule has 1 aliphatic rings. The first-order chi connectivity index (χ1) is 12.5. The molecule has 2 aromatic rings. The van der Waals surface area contributed by atoms with Crippen molar-refractivity contribution in [2.75, 3.05) is 18.4 Å². The summed E-state index contributed by atoms with van der Waals surface area (Å²) in [4.78, 5) is 23.1. The Kier molecular flexibility index (Phi) is 5.71. The fraction of sp³-hybridized carbons (Fsp3) is 0.450. The van der Waals surface area contributed by atoms with Crippen molar-refractivity contribution in [1.29, 1.82) is 0 Å². The van der Waals surface area contributed by atoms with E-state index >= 15 is 0 Å². The summed E-state index contributed by atoms with van der Waals surface area (Å²) in [5.74, 6) is 1.83. The van der Waals surface area contributed by atoms with Gasteiger partial charge >= 0.3 is 0 Å². The number of para-hydroxylation sites is 2. The lowest BCUT2D eigenvalue weighted by molar-refractivity contribution is 0.0677. The number of hydrogen-bond donors (Lipinski definition) is 1. The Bertz CT molecular complexity index is 763. The van der Waals surface area contributed by atoms with Crippen LogP contribution in [-0.2, 0) is 0 Å². The van der Waals surface area contributed by atoms with Gasteiger partial charge in [0.15, 0.2) is 0 Å². The van der Waals surface area contributed by atoms with Gasteiger partial charge in [-0.2, -0.15) is 0 Å². The van der Waals surface area contributed by atoms with Crippen molar-refractivity contribution in [2.45, 2.75) is 39.7 Å². The van der Waals surface area contributed by atoms with Crippen LogP contribution < -0.4 is 10.1 Å². The molecule has 0 bridgehead atoms. The van der Waals surface area contributed by atoms with Crippen molar-refractivity contribution >= 4 is 17.4 Å². The second kappa shape index (κ2) is 8.17. The van der Waals surface area contributed by atoms with Gasteiger partial charge in [0.1, 0.15) is 23.6 Å². The second-order valence-electron chi connectivity index (χ2n) is 7.07. The molecule has 1 N–H and O–H groups in total. The minimum Gasteiger partial charge on any atom is -0.489 e. The highest BCUT2D eigenvalue weighted by Crippen LogP contribution is 2.27. The van der Waals surface area contributed by atoms with Crippen LogP contribution >= 0.6 is 0 Å². The summed E-state index contributed by atoms with van der Waals surface area (Å²) in [5.41, 5.74) is 1.23. The Hall–Kier alpha value is -2.63. The number of aromatic nitrogens is 2. The predicted octanol–water partition coefficient (Wildman–Crippen LogP) is 3.88. The van der Waals surface area contributed by atoms with Gasteiger partial charge in [0.05, 0.1) is 11.8 Å². The average molecular weight is 354 g/mol. The van der Waals surface area contributed by atoms with E-state index in [0.29, 0.717) is 17.4 Å². The summed E-state index contributed by atoms with van der Waals surface area (Å²) in [6.07, 6.45) is 3.71. The van der Waals surface area contributed by atoms with E-state index in [4.69, 9.17) is 4.74 Å².